The van der Waals surface area contributed by atoms with Gasteiger partial charge in [0.1, 0.15) is 5.82 Å². The summed E-state index contributed by atoms with van der Waals surface area (Å²) in [5.74, 6) is -0.414. The van der Waals surface area contributed by atoms with Crippen LogP contribution in [-0.4, -0.2) is 11.6 Å². The zero-order valence-electron chi connectivity index (χ0n) is 8.77. The highest BCUT2D eigenvalue weighted by molar-refractivity contribution is 6.39. The number of hydrogen-bond donors (Lipinski definition) is 0. The van der Waals surface area contributed by atoms with E-state index in [1.54, 1.807) is 0 Å². The summed E-state index contributed by atoms with van der Waals surface area (Å²) in [6, 6.07) is 2.60. The maximum absolute atomic E-state index is 13.3. The van der Waals surface area contributed by atoms with Gasteiger partial charge in [-0.1, -0.05) is 23.2 Å². The normalized spacial score (nSPS) is 15.0. The molecule has 1 aromatic heterocycles. The molecule has 5 heteroatoms. The Morgan fingerprint density at radius 3 is 2.94 bits per heavy atom. The van der Waals surface area contributed by atoms with E-state index >= 15 is 0 Å². The molecule has 0 fully saturated rings. The van der Waals surface area contributed by atoms with Crippen LogP contribution in [0.25, 0.3) is 10.9 Å². The van der Waals surface area contributed by atoms with Crippen molar-refractivity contribution in [1.82, 2.24) is 4.98 Å². The van der Waals surface area contributed by atoms with Gasteiger partial charge in [-0.25, -0.2) is 4.39 Å². The van der Waals surface area contributed by atoms with E-state index in [1.165, 1.54) is 12.1 Å². The van der Waals surface area contributed by atoms with Gasteiger partial charge in [0.2, 0.25) is 0 Å². The number of fused-ring (bicyclic) bond motifs is 2. The van der Waals surface area contributed by atoms with Crippen LogP contribution >= 0.6 is 23.2 Å². The highest BCUT2D eigenvalue weighted by Crippen LogP contribution is 2.34. The standard InChI is InChI=1S/C12H8Cl2FNO/c13-9-4-6(15)3-7-11(14)8-5-17-2-1-10(8)16-12(7)9/h3-4H,1-2,5H2. The van der Waals surface area contributed by atoms with E-state index in [1.807, 2.05) is 0 Å². The number of nitrogens with zero attached hydrogens (tertiary/aromatic N) is 1. The molecular formula is C12H8Cl2FNO. The van der Waals surface area contributed by atoms with Crippen molar-refractivity contribution >= 4 is 34.1 Å². The van der Waals surface area contributed by atoms with Crippen molar-refractivity contribution in [2.24, 2.45) is 0 Å². The second-order valence-electron chi connectivity index (χ2n) is 3.94. The average molecular weight is 272 g/mol. The number of ether oxygens (including phenoxy) is 1. The number of rotatable bonds is 0. The van der Waals surface area contributed by atoms with E-state index < -0.39 is 5.82 Å². The molecule has 0 spiro atoms. The molecule has 2 nitrogen and oxygen atoms in total. The molecular weight excluding hydrogens is 264 g/mol. The number of benzene rings is 1. The summed E-state index contributed by atoms with van der Waals surface area (Å²) in [7, 11) is 0. The van der Waals surface area contributed by atoms with Gasteiger partial charge in [-0.3, -0.25) is 4.98 Å². The lowest BCUT2D eigenvalue weighted by Gasteiger charge is -2.18. The number of pyridine rings is 1. The Morgan fingerprint density at radius 2 is 2.12 bits per heavy atom. The molecule has 1 aliphatic heterocycles. The number of halogens is 3. The Bertz CT molecular complexity index is 615. The van der Waals surface area contributed by atoms with Crippen molar-refractivity contribution in [3.63, 3.8) is 0 Å². The molecule has 0 bridgehead atoms. The molecule has 2 aromatic rings. The van der Waals surface area contributed by atoms with Crippen molar-refractivity contribution in [2.75, 3.05) is 6.61 Å². The molecule has 0 N–H and O–H groups in total. The van der Waals surface area contributed by atoms with Crippen LogP contribution in [0.5, 0.6) is 0 Å². The van der Waals surface area contributed by atoms with Crippen LogP contribution in [0.15, 0.2) is 12.1 Å². The van der Waals surface area contributed by atoms with Crippen LogP contribution in [0.3, 0.4) is 0 Å². The van der Waals surface area contributed by atoms with Gasteiger partial charge in [0.25, 0.3) is 0 Å². The molecule has 0 radical (unpaired) electrons. The summed E-state index contributed by atoms with van der Waals surface area (Å²) >= 11 is 12.2. The third-order valence-electron chi connectivity index (χ3n) is 2.85. The Kier molecular flexibility index (Phi) is 2.69. The van der Waals surface area contributed by atoms with E-state index in [2.05, 4.69) is 4.98 Å². The Labute approximate surface area is 107 Å². The molecule has 3 rings (SSSR count). The van der Waals surface area contributed by atoms with Gasteiger partial charge in [0.15, 0.2) is 0 Å². The van der Waals surface area contributed by atoms with Crippen LogP contribution in [0.4, 0.5) is 4.39 Å². The second-order valence-corrected chi connectivity index (χ2v) is 4.72. The van der Waals surface area contributed by atoms with Gasteiger partial charge in [-0.2, -0.15) is 0 Å². The third kappa shape index (κ3) is 1.79. The van der Waals surface area contributed by atoms with Crippen LogP contribution < -0.4 is 0 Å². The molecule has 0 atom stereocenters. The van der Waals surface area contributed by atoms with Crippen molar-refractivity contribution in [1.29, 1.82) is 0 Å². The van der Waals surface area contributed by atoms with Crippen LogP contribution in [0.2, 0.25) is 10.0 Å². The quantitative estimate of drug-likeness (QED) is 0.728. The SMILES string of the molecule is Fc1cc(Cl)c2nc3c(c(Cl)c2c1)COCC3. The first-order valence-electron chi connectivity index (χ1n) is 5.20. The minimum atomic E-state index is -0.414. The predicted octanol–water partition coefficient (Wildman–Crippen LogP) is 3.75. The molecule has 0 amide bonds. The van der Waals surface area contributed by atoms with E-state index in [0.29, 0.717) is 35.6 Å². The van der Waals surface area contributed by atoms with Gasteiger partial charge in [0.05, 0.1) is 34.5 Å². The fraction of sp³-hybridized carbons (Fsp3) is 0.250. The first-order chi connectivity index (χ1) is 8.16. The highest BCUT2D eigenvalue weighted by Gasteiger charge is 2.19. The Balaban J connectivity index is 2.40. The minimum Gasteiger partial charge on any atom is -0.376 e. The topological polar surface area (TPSA) is 22.1 Å². The number of hydrogen-bond acceptors (Lipinski definition) is 2. The molecule has 17 heavy (non-hydrogen) atoms. The van der Waals surface area contributed by atoms with Gasteiger partial charge in [-0.05, 0) is 12.1 Å². The minimum absolute atomic E-state index is 0.288. The Morgan fingerprint density at radius 1 is 1.29 bits per heavy atom. The van der Waals surface area contributed by atoms with Gasteiger partial charge in [0, 0.05) is 17.4 Å². The fourth-order valence-electron chi connectivity index (χ4n) is 2.04. The van der Waals surface area contributed by atoms with Crippen LogP contribution in [0.1, 0.15) is 11.3 Å². The van der Waals surface area contributed by atoms with Gasteiger partial charge in [-0.15, -0.1) is 0 Å². The van der Waals surface area contributed by atoms with Crippen molar-refractivity contribution < 1.29 is 9.13 Å². The molecule has 0 aliphatic carbocycles. The second kappa shape index (κ2) is 4.09. The molecule has 1 aliphatic rings. The lowest BCUT2D eigenvalue weighted by Crippen LogP contribution is -2.12. The summed E-state index contributed by atoms with van der Waals surface area (Å²) in [4.78, 5) is 4.45. The molecule has 0 saturated heterocycles. The summed E-state index contributed by atoms with van der Waals surface area (Å²) in [6.07, 6.45) is 0.707. The Hall–Kier alpha value is -0.900. The van der Waals surface area contributed by atoms with E-state index in [-0.39, 0.29) is 5.02 Å². The predicted molar refractivity (Wildman–Crippen MR) is 65.1 cm³/mol. The van der Waals surface area contributed by atoms with Gasteiger partial charge < -0.3 is 4.74 Å². The van der Waals surface area contributed by atoms with Crippen LogP contribution in [0, 0.1) is 5.82 Å². The summed E-state index contributed by atoms with van der Waals surface area (Å²) in [5.41, 5.74) is 2.29. The smallest absolute Gasteiger partial charge is 0.125 e. The van der Waals surface area contributed by atoms with Gasteiger partial charge >= 0.3 is 0 Å². The first kappa shape index (κ1) is 11.2. The van der Waals surface area contributed by atoms with Crippen molar-refractivity contribution in [2.45, 2.75) is 13.0 Å². The zero-order valence-corrected chi connectivity index (χ0v) is 10.3. The van der Waals surface area contributed by atoms with E-state index in [9.17, 15) is 4.39 Å². The molecule has 2 heterocycles. The van der Waals surface area contributed by atoms with E-state index in [4.69, 9.17) is 27.9 Å². The molecule has 88 valence electrons. The third-order valence-corrected chi connectivity index (χ3v) is 3.57. The average Bonchev–Trinajstić information content (AvgIpc) is 2.31. The lowest BCUT2D eigenvalue weighted by atomic mass is 10.1. The first-order valence-corrected chi connectivity index (χ1v) is 5.96. The summed E-state index contributed by atoms with van der Waals surface area (Å²) in [5, 5.41) is 1.32. The van der Waals surface area contributed by atoms with Crippen LogP contribution in [-0.2, 0) is 17.8 Å². The largest absolute Gasteiger partial charge is 0.376 e. The summed E-state index contributed by atoms with van der Waals surface area (Å²) < 4.78 is 18.6. The molecule has 0 saturated carbocycles. The highest BCUT2D eigenvalue weighted by atomic mass is 35.5. The van der Waals surface area contributed by atoms with E-state index in [0.717, 1.165) is 11.3 Å². The van der Waals surface area contributed by atoms with Crippen molar-refractivity contribution in [3.05, 3.63) is 39.3 Å². The zero-order chi connectivity index (χ0) is 12.0. The maximum atomic E-state index is 13.3. The monoisotopic (exact) mass is 271 g/mol. The maximum Gasteiger partial charge on any atom is 0.125 e. The number of aromatic nitrogens is 1. The summed E-state index contributed by atoms with van der Waals surface area (Å²) in [6.45, 7) is 1.05. The molecule has 0 unspecified atom stereocenters. The molecule has 1 aromatic carbocycles. The lowest BCUT2D eigenvalue weighted by molar-refractivity contribution is 0.109. The fourth-order valence-corrected chi connectivity index (χ4v) is 2.59. The van der Waals surface area contributed by atoms with Crippen molar-refractivity contribution in [3.8, 4) is 0 Å².